The molecule has 3 aromatic rings. The van der Waals surface area contributed by atoms with Gasteiger partial charge in [0.2, 0.25) is 0 Å². The summed E-state index contributed by atoms with van der Waals surface area (Å²) in [6, 6.07) is 24.9. The second kappa shape index (κ2) is 14.1. The Hall–Kier alpha value is -2.42. The third-order valence-corrected chi connectivity index (χ3v) is 7.00. The summed E-state index contributed by atoms with van der Waals surface area (Å²) >= 11 is 0. The lowest BCUT2D eigenvalue weighted by Crippen LogP contribution is -2.12. The minimum Gasteiger partial charge on any atom is -0.396 e. The molecule has 0 aliphatic carbocycles. The molecule has 0 aliphatic heterocycles. The second-order valence-electron chi connectivity index (χ2n) is 9.58. The van der Waals surface area contributed by atoms with Crippen LogP contribution < -0.4 is 0 Å². The van der Waals surface area contributed by atoms with Crippen LogP contribution in [0.15, 0.2) is 66.7 Å². The fourth-order valence-corrected chi connectivity index (χ4v) is 4.60. The Morgan fingerprint density at radius 3 is 1.74 bits per heavy atom. The van der Waals surface area contributed by atoms with Crippen molar-refractivity contribution in [1.82, 2.24) is 0 Å². The van der Waals surface area contributed by atoms with Crippen molar-refractivity contribution in [3.05, 3.63) is 94.5 Å². The van der Waals surface area contributed by atoms with E-state index in [1.54, 1.807) is 0 Å². The first-order valence-corrected chi connectivity index (χ1v) is 13.2. The predicted octanol–water partition coefficient (Wildman–Crippen LogP) is 6.97. The lowest BCUT2D eigenvalue weighted by Gasteiger charge is -2.13. The molecular weight excluding hydrogens is 416 g/mol. The van der Waals surface area contributed by atoms with Gasteiger partial charge in [0, 0.05) is 19.1 Å². The highest BCUT2D eigenvalue weighted by atomic mass is 16.3. The van der Waals surface area contributed by atoms with Crippen LogP contribution in [0.25, 0.3) is 11.1 Å². The van der Waals surface area contributed by atoms with Gasteiger partial charge in [0.15, 0.2) is 0 Å². The van der Waals surface area contributed by atoms with Crippen LogP contribution in [0.1, 0.15) is 67.3 Å². The van der Waals surface area contributed by atoms with Crippen LogP contribution in [-0.4, -0.2) is 23.4 Å². The number of rotatable bonds is 14. The Morgan fingerprint density at radius 1 is 0.588 bits per heavy atom. The number of aliphatic hydroxyl groups is 2. The molecule has 2 N–H and O–H groups in total. The molecule has 0 saturated carbocycles. The molecular formula is C32H42O2. The summed E-state index contributed by atoms with van der Waals surface area (Å²) in [6.45, 7) is 4.58. The summed E-state index contributed by atoms with van der Waals surface area (Å²) < 4.78 is 0. The number of unbranched alkanes of at least 4 members (excludes halogenated alkanes) is 2. The number of benzene rings is 3. The van der Waals surface area contributed by atoms with E-state index >= 15 is 0 Å². The van der Waals surface area contributed by atoms with Gasteiger partial charge >= 0.3 is 0 Å². The van der Waals surface area contributed by atoms with Gasteiger partial charge in [0.25, 0.3) is 0 Å². The zero-order valence-corrected chi connectivity index (χ0v) is 21.1. The van der Waals surface area contributed by atoms with Gasteiger partial charge in [-0.3, -0.25) is 0 Å². The SMILES string of the molecule is CCCCCc1ccc(-c2ccc(CCc3ccc(CCC(CO)CO)cc3CC)cc2)cc1. The molecule has 0 bridgehead atoms. The van der Waals surface area contributed by atoms with E-state index in [1.165, 1.54) is 64.6 Å². The molecule has 0 aromatic heterocycles. The molecule has 34 heavy (non-hydrogen) atoms. The quantitative estimate of drug-likeness (QED) is 0.256. The predicted molar refractivity (Wildman–Crippen MR) is 144 cm³/mol. The van der Waals surface area contributed by atoms with Crippen LogP contribution in [0, 0.1) is 5.92 Å². The number of aryl methyl sites for hydroxylation is 5. The highest BCUT2D eigenvalue weighted by molar-refractivity contribution is 5.64. The Bertz CT molecular complexity index is 969. The van der Waals surface area contributed by atoms with Crippen molar-refractivity contribution in [2.45, 2.75) is 71.6 Å². The van der Waals surface area contributed by atoms with Crippen molar-refractivity contribution in [2.75, 3.05) is 13.2 Å². The summed E-state index contributed by atoms with van der Waals surface area (Å²) in [5, 5.41) is 18.6. The van der Waals surface area contributed by atoms with Gasteiger partial charge in [0.1, 0.15) is 0 Å². The molecule has 0 fully saturated rings. The van der Waals surface area contributed by atoms with Gasteiger partial charge in [-0.05, 0) is 83.9 Å². The van der Waals surface area contributed by atoms with E-state index in [4.69, 9.17) is 0 Å². The number of hydrogen-bond donors (Lipinski definition) is 2. The fraction of sp³-hybridized carbons (Fsp3) is 0.438. The molecule has 0 radical (unpaired) electrons. The summed E-state index contributed by atoms with van der Waals surface area (Å²) in [7, 11) is 0. The van der Waals surface area contributed by atoms with Gasteiger partial charge in [0.05, 0.1) is 0 Å². The standard InChI is InChI=1S/C32H42O2/c1-3-5-6-7-25-10-17-31(18-11-25)32-19-13-26(14-20-32)12-16-30-21-15-27(22-29(30)4-2)8-9-28(23-33)24-34/h10-11,13-15,17-22,28,33-34H,3-9,12,16,23-24H2,1-2H3. The molecule has 2 heteroatoms. The highest BCUT2D eigenvalue weighted by Gasteiger charge is 2.08. The van der Waals surface area contributed by atoms with Crippen molar-refractivity contribution in [3.8, 4) is 11.1 Å². The van der Waals surface area contributed by atoms with Crippen LogP contribution in [0.3, 0.4) is 0 Å². The van der Waals surface area contributed by atoms with E-state index in [0.29, 0.717) is 0 Å². The maximum absolute atomic E-state index is 9.30. The van der Waals surface area contributed by atoms with E-state index in [0.717, 1.165) is 32.1 Å². The van der Waals surface area contributed by atoms with E-state index in [-0.39, 0.29) is 19.1 Å². The van der Waals surface area contributed by atoms with Crippen LogP contribution in [0.5, 0.6) is 0 Å². The van der Waals surface area contributed by atoms with Gasteiger partial charge < -0.3 is 10.2 Å². The molecule has 0 saturated heterocycles. The van der Waals surface area contributed by atoms with Crippen molar-refractivity contribution >= 4 is 0 Å². The first-order chi connectivity index (χ1) is 16.7. The third-order valence-electron chi connectivity index (χ3n) is 7.00. The van der Waals surface area contributed by atoms with Gasteiger partial charge in [-0.25, -0.2) is 0 Å². The van der Waals surface area contributed by atoms with E-state index in [9.17, 15) is 10.2 Å². The monoisotopic (exact) mass is 458 g/mol. The van der Waals surface area contributed by atoms with Gasteiger partial charge in [-0.2, -0.15) is 0 Å². The molecule has 3 aromatic carbocycles. The zero-order valence-electron chi connectivity index (χ0n) is 21.1. The fourth-order valence-electron chi connectivity index (χ4n) is 4.60. The normalized spacial score (nSPS) is 11.3. The van der Waals surface area contributed by atoms with Crippen LogP contribution in [-0.2, 0) is 32.1 Å². The van der Waals surface area contributed by atoms with Crippen LogP contribution >= 0.6 is 0 Å². The molecule has 182 valence electrons. The van der Waals surface area contributed by atoms with Gasteiger partial charge in [-0.1, -0.05) is 93.4 Å². The molecule has 2 nitrogen and oxygen atoms in total. The Kier molecular flexibility index (Phi) is 10.9. The maximum Gasteiger partial charge on any atom is 0.0481 e. The Balaban J connectivity index is 1.56. The first kappa shape index (κ1) is 26.2. The average molecular weight is 459 g/mol. The molecule has 0 heterocycles. The largest absolute Gasteiger partial charge is 0.396 e. The Labute approximate surface area is 206 Å². The summed E-state index contributed by atoms with van der Waals surface area (Å²) in [5.41, 5.74) is 9.53. The zero-order chi connectivity index (χ0) is 24.2. The lowest BCUT2D eigenvalue weighted by molar-refractivity contribution is 0.144. The minimum atomic E-state index is -0.0172. The van der Waals surface area contributed by atoms with E-state index in [1.807, 2.05) is 0 Å². The van der Waals surface area contributed by atoms with E-state index < -0.39 is 0 Å². The van der Waals surface area contributed by atoms with E-state index in [2.05, 4.69) is 80.6 Å². The highest BCUT2D eigenvalue weighted by Crippen LogP contribution is 2.23. The van der Waals surface area contributed by atoms with Crippen molar-refractivity contribution in [3.63, 3.8) is 0 Å². The van der Waals surface area contributed by atoms with Gasteiger partial charge in [-0.15, -0.1) is 0 Å². The molecule has 3 rings (SSSR count). The third kappa shape index (κ3) is 7.82. The van der Waals surface area contributed by atoms with Crippen LogP contribution in [0.2, 0.25) is 0 Å². The first-order valence-electron chi connectivity index (χ1n) is 13.2. The topological polar surface area (TPSA) is 40.5 Å². The molecule has 0 atom stereocenters. The van der Waals surface area contributed by atoms with Crippen molar-refractivity contribution < 1.29 is 10.2 Å². The average Bonchev–Trinajstić information content (AvgIpc) is 2.89. The second-order valence-corrected chi connectivity index (χ2v) is 9.58. The summed E-state index contributed by atoms with van der Waals surface area (Å²) in [6.07, 6.45) is 9.88. The number of aliphatic hydroxyl groups excluding tert-OH is 2. The smallest absolute Gasteiger partial charge is 0.0481 e. The number of hydrogen-bond acceptors (Lipinski definition) is 2. The van der Waals surface area contributed by atoms with Crippen molar-refractivity contribution in [2.24, 2.45) is 5.92 Å². The Morgan fingerprint density at radius 2 is 1.18 bits per heavy atom. The summed E-state index contributed by atoms with van der Waals surface area (Å²) in [5.74, 6) is -0.0172. The minimum absolute atomic E-state index is 0.0172. The molecule has 0 amide bonds. The molecule has 0 unspecified atom stereocenters. The molecule has 0 aliphatic rings. The van der Waals surface area contributed by atoms with Crippen LogP contribution in [0.4, 0.5) is 0 Å². The van der Waals surface area contributed by atoms with Crippen molar-refractivity contribution in [1.29, 1.82) is 0 Å². The maximum atomic E-state index is 9.30. The molecule has 0 spiro atoms. The lowest BCUT2D eigenvalue weighted by atomic mass is 9.93. The summed E-state index contributed by atoms with van der Waals surface area (Å²) in [4.78, 5) is 0.